The smallest absolute Gasteiger partial charge is 0.230 e. The van der Waals surface area contributed by atoms with Gasteiger partial charge in [0, 0.05) is 6.54 Å². The molecule has 2 aromatic carbocycles. The summed E-state index contributed by atoms with van der Waals surface area (Å²) in [6, 6.07) is 14.3. The van der Waals surface area contributed by atoms with Gasteiger partial charge in [0.2, 0.25) is 5.91 Å². The van der Waals surface area contributed by atoms with Crippen molar-refractivity contribution in [3.63, 3.8) is 0 Å². The summed E-state index contributed by atoms with van der Waals surface area (Å²) in [4.78, 5) is 13.1. The van der Waals surface area contributed by atoms with Gasteiger partial charge in [0.1, 0.15) is 5.82 Å². The number of benzene rings is 2. The molecule has 26 heavy (non-hydrogen) atoms. The van der Waals surface area contributed by atoms with Crippen LogP contribution >= 0.6 is 0 Å². The molecule has 1 N–H and O–H groups in total. The highest BCUT2D eigenvalue weighted by atomic mass is 32.2. The number of hydrogen-bond acceptors (Lipinski definition) is 3. The summed E-state index contributed by atoms with van der Waals surface area (Å²) in [5.41, 5.74) is -0.100. The number of hydrogen-bond donors (Lipinski definition) is 1. The fourth-order valence-electron chi connectivity index (χ4n) is 3.63. The zero-order valence-electron chi connectivity index (χ0n) is 14.4. The Morgan fingerprint density at radius 1 is 1.04 bits per heavy atom. The van der Waals surface area contributed by atoms with Crippen molar-refractivity contribution in [1.29, 1.82) is 0 Å². The van der Waals surface area contributed by atoms with Gasteiger partial charge >= 0.3 is 0 Å². The number of nitrogens with one attached hydrogen (secondary N) is 1. The standard InChI is InChI=1S/C20H22FNO3S/c21-17-8-6-7-16(15-17)20(11-4-5-12-20)19(23)22-13-14-26(24,25)18-9-2-1-3-10-18/h1-3,6-10,15H,4-5,11-14H2,(H,22,23). The van der Waals surface area contributed by atoms with Gasteiger partial charge in [-0.3, -0.25) is 4.79 Å². The van der Waals surface area contributed by atoms with E-state index < -0.39 is 15.3 Å². The summed E-state index contributed by atoms with van der Waals surface area (Å²) in [6.45, 7) is 0.0348. The molecule has 4 nitrogen and oxygen atoms in total. The minimum Gasteiger partial charge on any atom is -0.354 e. The van der Waals surface area contributed by atoms with Crippen LogP contribution in [0.15, 0.2) is 59.5 Å². The molecule has 138 valence electrons. The van der Waals surface area contributed by atoms with Gasteiger partial charge < -0.3 is 5.32 Å². The molecule has 0 spiro atoms. The molecule has 0 bridgehead atoms. The maximum Gasteiger partial charge on any atom is 0.230 e. The molecule has 6 heteroatoms. The fraction of sp³-hybridized carbons (Fsp3) is 0.350. The number of halogens is 1. The molecule has 3 rings (SSSR count). The van der Waals surface area contributed by atoms with Crippen LogP contribution in [-0.4, -0.2) is 26.6 Å². The van der Waals surface area contributed by atoms with Crippen LogP contribution in [0.2, 0.25) is 0 Å². The van der Waals surface area contributed by atoms with E-state index in [4.69, 9.17) is 0 Å². The van der Waals surface area contributed by atoms with Crippen molar-refractivity contribution >= 4 is 15.7 Å². The van der Waals surface area contributed by atoms with E-state index in [-0.39, 0.29) is 28.9 Å². The number of sulfone groups is 1. The predicted molar refractivity (Wildman–Crippen MR) is 98.1 cm³/mol. The number of amides is 1. The summed E-state index contributed by atoms with van der Waals surface area (Å²) in [7, 11) is -3.45. The highest BCUT2D eigenvalue weighted by molar-refractivity contribution is 7.91. The molecular formula is C20H22FNO3S. The van der Waals surface area contributed by atoms with Crippen molar-refractivity contribution in [2.45, 2.75) is 36.0 Å². The van der Waals surface area contributed by atoms with Crippen LogP contribution < -0.4 is 5.32 Å². The van der Waals surface area contributed by atoms with E-state index in [9.17, 15) is 17.6 Å². The Morgan fingerprint density at radius 2 is 1.73 bits per heavy atom. The van der Waals surface area contributed by atoms with Gasteiger partial charge in [0.15, 0.2) is 9.84 Å². The highest BCUT2D eigenvalue weighted by Gasteiger charge is 2.42. The normalized spacial score (nSPS) is 16.3. The quantitative estimate of drug-likeness (QED) is 0.843. The average Bonchev–Trinajstić information content (AvgIpc) is 3.13. The lowest BCUT2D eigenvalue weighted by Gasteiger charge is -2.28. The summed E-state index contributed by atoms with van der Waals surface area (Å²) >= 11 is 0. The second kappa shape index (κ2) is 7.58. The first-order chi connectivity index (χ1) is 12.4. The van der Waals surface area contributed by atoms with E-state index >= 15 is 0 Å². The largest absolute Gasteiger partial charge is 0.354 e. The van der Waals surface area contributed by atoms with E-state index in [2.05, 4.69) is 5.32 Å². The third-order valence-corrected chi connectivity index (χ3v) is 6.76. The zero-order chi connectivity index (χ0) is 18.6. The average molecular weight is 375 g/mol. The van der Waals surface area contributed by atoms with Crippen molar-refractivity contribution in [1.82, 2.24) is 5.32 Å². The maximum absolute atomic E-state index is 13.6. The van der Waals surface area contributed by atoms with Crippen LogP contribution in [0.25, 0.3) is 0 Å². The minimum absolute atomic E-state index is 0.0348. The molecular weight excluding hydrogens is 353 g/mol. The SMILES string of the molecule is O=C(NCCS(=O)(=O)c1ccccc1)C1(c2cccc(F)c2)CCCC1. The number of carbonyl (C=O) groups excluding carboxylic acids is 1. The molecule has 0 unspecified atom stereocenters. The molecule has 1 saturated carbocycles. The third kappa shape index (κ3) is 3.80. The summed E-state index contributed by atoms with van der Waals surface area (Å²) in [5, 5.41) is 2.77. The maximum atomic E-state index is 13.6. The Balaban J connectivity index is 1.70. The Labute approximate surface area is 153 Å². The van der Waals surface area contributed by atoms with Crippen molar-refractivity contribution in [2.24, 2.45) is 0 Å². The van der Waals surface area contributed by atoms with Crippen LogP contribution in [0, 0.1) is 5.82 Å². The summed E-state index contributed by atoms with van der Waals surface area (Å²) in [5.74, 6) is -0.751. The van der Waals surface area contributed by atoms with Crippen molar-refractivity contribution in [3.8, 4) is 0 Å². The minimum atomic E-state index is -3.45. The molecule has 1 fully saturated rings. The van der Waals surface area contributed by atoms with E-state index in [1.807, 2.05) is 0 Å². The first kappa shape index (κ1) is 18.6. The first-order valence-electron chi connectivity index (χ1n) is 8.76. The molecule has 0 radical (unpaired) electrons. The van der Waals surface area contributed by atoms with Crippen molar-refractivity contribution < 1.29 is 17.6 Å². The van der Waals surface area contributed by atoms with Gasteiger partial charge in [0.25, 0.3) is 0 Å². The van der Waals surface area contributed by atoms with Gasteiger partial charge in [-0.15, -0.1) is 0 Å². The van der Waals surface area contributed by atoms with Crippen LogP contribution in [-0.2, 0) is 20.0 Å². The van der Waals surface area contributed by atoms with Crippen LogP contribution in [0.1, 0.15) is 31.2 Å². The third-order valence-electron chi connectivity index (χ3n) is 5.03. The topological polar surface area (TPSA) is 63.2 Å². The van der Waals surface area contributed by atoms with Gasteiger partial charge in [0.05, 0.1) is 16.1 Å². The lowest BCUT2D eigenvalue weighted by molar-refractivity contribution is -0.126. The van der Waals surface area contributed by atoms with E-state index in [0.717, 1.165) is 12.8 Å². The highest BCUT2D eigenvalue weighted by Crippen LogP contribution is 2.41. The fourth-order valence-corrected chi connectivity index (χ4v) is 4.80. The molecule has 1 amide bonds. The summed E-state index contributed by atoms with van der Waals surface area (Å²) < 4.78 is 38.3. The van der Waals surface area contributed by atoms with Crippen molar-refractivity contribution in [3.05, 3.63) is 66.0 Å². The first-order valence-corrected chi connectivity index (χ1v) is 10.4. The number of carbonyl (C=O) groups is 1. The second-order valence-corrected chi connectivity index (χ2v) is 8.80. The Kier molecular flexibility index (Phi) is 5.41. The van der Waals surface area contributed by atoms with Crippen LogP contribution in [0.3, 0.4) is 0 Å². The molecule has 1 aliphatic carbocycles. The van der Waals surface area contributed by atoms with E-state index in [0.29, 0.717) is 18.4 Å². The lowest BCUT2D eigenvalue weighted by atomic mass is 9.78. The predicted octanol–water partition coefficient (Wildman–Crippen LogP) is 3.23. The van der Waals surface area contributed by atoms with Gasteiger partial charge in [-0.1, -0.05) is 43.2 Å². The molecule has 2 aromatic rings. The van der Waals surface area contributed by atoms with E-state index in [1.165, 1.54) is 12.1 Å². The molecule has 1 aliphatic rings. The second-order valence-electron chi connectivity index (χ2n) is 6.69. The van der Waals surface area contributed by atoms with Crippen LogP contribution in [0.5, 0.6) is 0 Å². The van der Waals surface area contributed by atoms with Crippen LogP contribution in [0.4, 0.5) is 4.39 Å². The van der Waals surface area contributed by atoms with Gasteiger partial charge in [-0.2, -0.15) is 0 Å². The van der Waals surface area contributed by atoms with Crippen molar-refractivity contribution in [2.75, 3.05) is 12.3 Å². The van der Waals surface area contributed by atoms with Gasteiger partial charge in [-0.25, -0.2) is 12.8 Å². The molecule has 0 aromatic heterocycles. The van der Waals surface area contributed by atoms with E-state index in [1.54, 1.807) is 42.5 Å². The molecule has 0 aliphatic heterocycles. The Hall–Kier alpha value is -2.21. The lowest BCUT2D eigenvalue weighted by Crippen LogP contribution is -2.44. The molecule has 0 atom stereocenters. The Morgan fingerprint density at radius 3 is 2.38 bits per heavy atom. The summed E-state index contributed by atoms with van der Waals surface area (Å²) in [6.07, 6.45) is 3.08. The molecule has 0 heterocycles. The molecule has 0 saturated heterocycles. The zero-order valence-corrected chi connectivity index (χ0v) is 15.3. The van der Waals surface area contributed by atoms with Gasteiger partial charge in [-0.05, 0) is 42.7 Å². The monoisotopic (exact) mass is 375 g/mol. The Bertz CT molecular complexity index is 875. The number of rotatable bonds is 6.